The number of ketones is 1. The van der Waals surface area contributed by atoms with E-state index in [0.717, 1.165) is 0 Å². The lowest BCUT2D eigenvalue weighted by atomic mass is 10.2. The third-order valence-electron chi connectivity index (χ3n) is 1.45. The van der Waals surface area contributed by atoms with Gasteiger partial charge in [-0.05, 0) is 12.1 Å². The van der Waals surface area contributed by atoms with Crippen molar-refractivity contribution in [2.24, 2.45) is 0 Å². The number of Topliss-reactive ketones (excluding diaryl/α,β-unsaturated/α-hetero) is 1. The first-order chi connectivity index (χ1) is 6.11. The van der Waals surface area contributed by atoms with E-state index in [1.165, 1.54) is 20.0 Å². The number of anilines is 1. The average Bonchev–Trinajstić information content (AvgIpc) is 2.03. The molecule has 68 valence electrons. The number of amides is 1. The highest BCUT2D eigenvalue weighted by atomic mass is 16.1. The highest BCUT2D eigenvalue weighted by Crippen LogP contribution is 2.11. The summed E-state index contributed by atoms with van der Waals surface area (Å²) in [6.45, 7) is 2.80. The fourth-order valence-corrected chi connectivity index (χ4v) is 0.976. The molecule has 13 heavy (non-hydrogen) atoms. The predicted molar refractivity (Wildman–Crippen MR) is 48.5 cm³/mol. The Labute approximate surface area is 76.0 Å². The van der Waals surface area contributed by atoms with Crippen LogP contribution in [0.2, 0.25) is 0 Å². The largest absolute Gasteiger partial charge is 0.324 e. The van der Waals surface area contributed by atoms with Crippen LogP contribution in [0.15, 0.2) is 18.3 Å². The van der Waals surface area contributed by atoms with E-state index in [9.17, 15) is 9.59 Å². The molecule has 0 unspecified atom stereocenters. The third kappa shape index (κ3) is 2.37. The average molecular weight is 178 g/mol. The fraction of sp³-hybridized carbons (Fsp3) is 0.222. The number of pyridine rings is 1. The molecule has 4 heteroatoms. The zero-order valence-corrected chi connectivity index (χ0v) is 7.50. The third-order valence-corrected chi connectivity index (χ3v) is 1.45. The SMILES string of the molecule is CC(=O)Nc1cccnc1C(C)=O. The van der Waals surface area contributed by atoms with Gasteiger partial charge in [-0.3, -0.25) is 14.6 Å². The summed E-state index contributed by atoms with van der Waals surface area (Å²) >= 11 is 0. The van der Waals surface area contributed by atoms with E-state index in [1.807, 2.05) is 0 Å². The van der Waals surface area contributed by atoms with Crippen LogP contribution in [0.5, 0.6) is 0 Å². The Kier molecular flexibility index (Phi) is 2.74. The van der Waals surface area contributed by atoms with Gasteiger partial charge in [0.25, 0.3) is 0 Å². The number of rotatable bonds is 2. The molecule has 0 radical (unpaired) electrons. The van der Waals surface area contributed by atoms with Crippen LogP contribution in [0, 0.1) is 0 Å². The lowest BCUT2D eigenvalue weighted by Gasteiger charge is -2.04. The monoisotopic (exact) mass is 178 g/mol. The predicted octanol–water partition coefficient (Wildman–Crippen LogP) is 1.24. The number of hydrogen-bond acceptors (Lipinski definition) is 3. The fourth-order valence-electron chi connectivity index (χ4n) is 0.976. The molecule has 0 aliphatic carbocycles. The molecular formula is C9H10N2O2. The molecule has 1 amide bonds. The Balaban J connectivity index is 3.04. The Bertz CT molecular complexity index is 347. The molecular weight excluding hydrogens is 168 g/mol. The summed E-state index contributed by atoms with van der Waals surface area (Å²) in [4.78, 5) is 25.6. The molecule has 1 N–H and O–H groups in total. The molecule has 0 aliphatic heterocycles. The second-order valence-electron chi connectivity index (χ2n) is 2.64. The Morgan fingerprint density at radius 2 is 2.08 bits per heavy atom. The second-order valence-corrected chi connectivity index (χ2v) is 2.64. The van der Waals surface area contributed by atoms with Crippen molar-refractivity contribution in [2.45, 2.75) is 13.8 Å². The minimum atomic E-state index is -0.212. The van der Waals surface area contributed by atoms with Crippen molar-refractivity contribution in [3.63, 3.8) is 0 Å². The standard InChI is InChI=1S/C9H10N2O2/c1-6(12)9-8(11-7(2)13)4-3-5-10-9/h3-5H,1-2H3,(H,11,13). The lowest BCUT2D eigenvalue weighted by molar-refractivity contribution is -0.114. The van der Waals surface area contributed by atoms with Crippen molar-refractivity contribution >= 4 is 17.4 Å². The van der Waals surface area contributed by atoms with Crippen molar-refractivity contribution in [3.05, 3.63) is 24.0 Å². The van der Waals surface area contributed by atoms with Crippen molar-refractivity contribution in [3.8, 4) is 0 Å². The van der Waals surface area contributed by atoms with Crippen LogP contribution in [0.1, 0.15) is 24.3 Å². The summed E-state index contributed by atoms with van der Waals surface area (Å²) in [5, 5.41) is 2.53. The van der Waals surface area contributed by atoms with Gasteiger partial charge in [-0.1, -0.05) is 0 Å². The van der Waals surface area contributed by atoms with Crippen LogP contribution in [-0.2, 0) is 4.79 Å². The number of nitrogens with zero attached hydrogens (tertiary/aromatic N) is 1. The summed E-state index contributed by atoms with van der Waals surface area (Å²) in [6.07, 6.45) is 1.52. The van der Waals surface area contributed by atoms with E-state index in [-0.39, 0.29) is 17.4 Å². The topological polar surface area (TPSA) is 59.1 Å². The number of aromatic nitrogens is 1. The van der Waals surface area contributed by atoms with E-state index < -0.39 is 0 Å². The van der Waals surface area contributed by atoms with Crippen molar-refractivity contribution < 1.29 is 9.59 Å². The van der Waals surface area contributed by atoms with E-state index in [4.69, 9.17) is 0 Å². The number of nitrogens with one attached hydrogen (secondary N) is 1. The molecule has 0 spiro atoms. The summed E-state index contributed by atoms with van der Waals surface area (Å²) in [7, 11) is 0. The number of carbonyl (C=O) groups is 2. The Morgan fingerprint density at radius 3 is 2.62 bits per heavy atom. The van der Waals surface area contributed by atoms with Gasteiger partial charge in [0.05, 0.1) is 5.69 Å². The molecule has 4 nitrogen and oxygen atoms in total. The first kappa shape index (κ1) is 9.38. The first-order valence-corrected chi connectivity index (χ1v) is 3.85. The van der Waals surface area contributed by atoms with Crippen LogP contribution < -0.4 is 5.32 Å². The van der Waals surface area contributed by atoms with E-state index in [1.54, 1.807) is 12.1 Å². The zero-order valence-electron chi connectivity index (χ0n) is 7.50. The first-order valence-electron chi connectivity index (χ1n) is 3.85. The van der Waals surface area contributed by atoms with Crippen LogP contribution >= 0.6 is 0 Å². The van der Waals surface area contributed by atoms with Crippen LogP contribution in [-0.4, -0.2) is 16.7 Å². The maximum absolute atomic E-state index is 11.0. The summed E-state index contributed by atoms with van der Waals surface area (Å²) in [5.41, 5.74) is 0.750. The highest BCUT2D eigenvalue weighted by Gasteiger charge is 2.07. The molecule has 1 heterocycles. The molecule has 0 saturated heterocycles. The van der Waals surface area contributed by atoms with Crippen molar-refractivity contribution in [1.82, 2.24) is 4.98 Å². The lowest BCUT2D eigenvalue weighted by Crippen LogP contribution is -2.10. The van der Waals surface area contributed by atoms with E-state index in [0.29, 0.717) is 5.69 Å². The molecule has 0 saturated carbocycles. The minimum absolute atomic E-state index is 0.163. The summed E-state index contributed by atoms with van der Waals surface area (Å²) in [6, 6.07) is 3.31. The zero-order chi connectivity index (χ0) is 9.84. The molecule has 1 rings (SSSR count). The number of carbonyl (C=O) groups excluding carboxylic acids is 2. The van der Waals surface area contributed by atoms with Gasteiger partial charge >= 0.3 is 0 Å². The molecule has 0 aromatic carbocycles. The molecule has 1 aromatic rings. The van der Waals surface area contributed by atoms with Gasteiger partial charge in [0, 0.05) is 20.0 Å². The van der Waals surface area contributed by atoms with Crippen LogP contribution in [0.25, 0.3) is 0 Å². The molecule has 0 atom stereocenters. The van der Waals surface area contributed by atoms with Crippen molar-refractivity contribution in [2.75, 3.05) is 5.32 Å². The van der Waals surface area contributed by atoms with E-state index >= 15 is 0 Å². The Hall–Kier alpha value is -1.71. The normalized spacial score (nSPS) is 9.38. The van der Waals surface area contributed by atoms with Gasteiger partial charge in [-0.15, -0.1) is 0 Å². The molecule has 0 bridgehead atoms. The minimum Gasteiger partial charge on any atom is -0.324 e. The van der Waals surface area contributed by atoms with Crippen LogP contribution in [0.3, 0.4) is 0 Å². The van der Waals surface area contributed by atoms with E-state index in [2.05, 4.69) is 10.3 Å². The highest BCUT2D eigenvalue weighted by molar-refractivity contribution is 6.01. The smallest absolute Gasteiger partial charge is 0.221 e. The van der Waals surface area contributed by atoms with Gasteiger partial charge in [-0.25, -0.2) is 0 Å². The Morgan fingerprint density at radius 1 is 1.38 bits per heavy atom. The van der Waals surface area contributed by atoms with Gasteiger partial charge in [0.2, 0.25) is 5.91 Å². The summed E-state index contributed by atoms with van der Waals surface area (Å²) in [5.74, 6) is -0.375. The van der Waals surface area contributed by atoms with Gasteiger partial charge in [-0.2, -0.15) is 0 Å². The van der Waals surface area contributed by atoms with Gasteiger partial charge in [0.1, 0.15) is 5.69 Å². The van der Waals surface area contributed by atoms with Gasteiger partial charge < -0.3 is 5.32 Å². The summed E-state index contributed by atoms with van der Waals surface area (Å²) < 4.78 is 0. The number of hydrogen-bond donors (Lipinski definition) is 1. The second kappa shape index (κ2) is 3.80. The molecule has 0 aliphatic rings. The molecule has 1 aromatic heterocycles. The maximum Gasteiger partial charge on any atom is 0.221 e. The van der Waals surface area contributed by atoms with Crippen molar-refractivity contribution in [1.29, 1.82) is 0 Å². The van der Waals surface area contributed by atoms with Crippen LogP contribution in [0.4, 0.5) is 5.69 Å². The quantitative estimate of drug-likeness (QED) is 0.693. The molecule has 0 fully saturated rings. The van der Waals surface area contributed by atoms with Gasteiger partial charge in [0.15, 0.2) is 5.78 Å². The maximum atomic E-state index is 11.0.